The Morgan fingerprint density at radius 3 is 2.82 bits per heavy atom. The molecule has 4 heteroatoms. The highest BCUT2D eigenvalue weighted by molar-refractivity contribution is 5.44. The van der Waals surface area contributed by atoms with Crippen molar-refractivity contribution in [1.82, 2.24) is 0 Å². The fourth-order valence-electron chi connectivity index (χ4n) is 0.812. The number of nitrogens with zero attached hydrogens (tertiary/aromatic N) is 1. The van der Waals surface area contributed by atoms with Crippen molar-refractivity contribution in [3.63, 3.8) is 0 Å². The number of nitroso groups, excluding NO2 is 1. The van der Waals surface area contributed by atoms with Crippen molar-refractivity contribution in [2.75, 3.05) is 0 Å². The van der Waals surface area contributed by atoms with Crippen LogP contribution < -0.4 is 5.90 Å². The molecular weight excluding hydrogens is 144 g/mol. The molecule has 0 saturated carbocycles. The summed E-state index contributed by atoms with van der Waals surface area (Å²) in [5.41, 5.74) is 1.07. The Bertz CT molecular complexity index is 250. The molecule has 1 aromatic carbocycles. The zero-order valence-corrected chi connectivity index (χ0v) is 5.86. The van der Waals surface area contributed by atoms with Crippen molar-refractivity contribution < 1.29 is 4.84 Å². The van der Waals surface area contributed by atoms with Crippen molar-refractivity contribution in [1.29, 1.82) is 0 Å². The van der Waals surface area contributed by atoms with E-state index >= 15 is 0 Å². The third-order valence-electron chi connectivity index (χ3n) is 1.33. The quantitative estimate of drug-likeness (QED) is 0.527. The predicted octanol–water partition coefficient (Wildman–Crippen LogP) is 1.47. The highest BCUT2D eigenvalue weighted by Crippen LogP contribution is 2.17. The van der Waals surface area contributed by atoms with Gasteiger partial charge in [-0.15, -0.1) is 4.91 Å². The van der Waals surface area contributed by atoms with Gasteiger partial charge in [0.2, 0.25) is 0 Å². The van der Waals surface area contributed by atoms with Crippen LogP contribution in [0.1, 0.15) is 5.56 Å². The van der Waals surface area contributed by atoms with E-state index in [9.17, 15) is 4.91 Å². The topological polar surface area (TPSA) is 64.7 Å². The van der Waals surface area contributed by atoms with Crippen LogP contribution >= 0.6 is 0 Å². The molecule has 0 aromatic heterocycles. The highest BCUT2D eigenvalue weighted by Gasteiger charge is 1.99. The first-order valence-corrected chi connectivity index (χ1v) is 3.11. The van der Waals surface area contributed by atoms with E-state index in [1.165, 1.54) is 0 Å². The lowest BCUT2D eigenvalue weighted by Crippen LogP contribution is -1.98. The van der Waals surface area contributed by atoms with E-state index in [1.54, 1.807) is 24.3 Å². The number of benzene rings is 1. The Kier molecular flexibility index (Phi) is 2.71. The summed E-state index contributed by atoms with van der Waals surface area (Å²) in [4.78, 5) is 14.5. The van der Waals surface area contributed by atoms with E-state index in [0.717, 1.165) is 0 Å². The van der Waals surface area contributed by atoms with Gasteiger partial charge in [0.1, 0.15) is 5.69 Å². The summed E-state index contributed by atoms with van der Waals surface area (Å²) in [6, 6.07) is 6.88. The van der Waals surface area contributed by atoms with Crippen LogP contribution in [-0.2, 0) is 11.4 Å². The van der Waals surface area contributed by atoms with Crippen molar-refractivity contribution in [3.8, 4) is 0 Å². The van der Waals surface area contributed by atoms with Gasteiger partial charge in [0.05, 0.1) is 6.61 Å². The molecule has 0 amide bonds. The summed E-state index contributed by atoms with van der Waals surface area (Å²) in [5, 5.41) is 2.80. The van der Waals surface area contributed by atoms with E-state index < -0.39 is 0 Å². The SMILES string of the molecule is NOCc1ccccc1N=O. The van der Waals surface area contributed by atoms with E-state index in [0.29, 0.717) is 11.3 Å². The Morgan fingerprint density at radius 1 is 1.45 bits per heavy atom. The molecule has 0 aliphatic carbocycles. The van der Waals surface area contributed by atoms with Crippen LogP contribution in [0.25, 0.3) is 0 Å². The molecule has 0 aliphatic rings. The van der Waals surface area contributed by atoms with Crippen molar-refractivity contribution in [2.24, 2.45) is 11.1 Å². The summed E-state index contributed by atoms with van der Waals surface area (Å²) in [6.07, 6.45) is 0. The molecule has 11 heavy (non-hydrogen) atoms. The number of nitrogens with two attached hydrogens (primary N) is 1. The Hall–Kier alpha value is -1.26. The molecule has 1 rings (SSSR count). The maximum Gasteiger partial charge on any atom is 0.113 e. The van der Waals surface area contributed by atoms with E-state index in [1.807, 2.05) is 0 Å². The summed E-state index contributed by atoms with van der Waals surface area (Å²) < 4.78 is 0. The smallest absolute Gasteiger partial charge is 0.113 e. The van der Waals surface area contributed by atoms with Gasteiger partial charge in [-0.2, -0.15) is 0 Å². The number of hydrogen-bond acceptors (Lipinski definition) is 4. The molecule has 0 aliphatic heterocycles. The standard InChI is InChI=1S/C7H8N2O2/c8-11-5-6-3-1-2-4-7(6)9-10/h1-4H,5,8H2. The molecule has 58 valence electrons. The van der Waals surface area contributed by atoms with E-state index in [4.69, 9.17) is 5.90 Å². The van der Waals surface area contributed by atoms with Crippen LogP contribution in [0.5, 0.6) is 0 Å². The number of rotatable bonds is 3. The summed E-state index contributed by atoms with van der Waals surface area (Å²) >= 11 is 0. The monoisotopic (exact) mass is 152 g/mol. The predicted molar refractivity (Wildman–Crippen MR) is 40.9 cm³/mol. The normalized spacial score (nSPS) is 9.55. The second kappa shape index (κ2) is 3.80. The van der Waals surface area contributed by atoms with Crippen LogP contribution in [0, 0.1) is 4.91 Å². The average molecular weight is 152 g/mol. The van der Waals surface area contributed by atoms with Gasteiger partial charge >= 0.3 is 0 Å². The molecule has 0 spiro atoms. The molecule has 0 fully saturated rings. The minimum Gasteiger partial charge on any atom is -0.300 e. The Morgan fingerprint density at radius 2 is 2.18 bits per heavy atom. The van der Waals surface area contributed by atoms with Gasteiger partial charge < -0.3 is 0 Å². The first-order valence-electron chi connectivity index (χ1n) is 3.11. The maximum atomic E-state index is 10.2. The molecule has 0 saturated heterocycles. The van der Waals surface area contributed by atoms with Crippen LogP contribution in [0.4, 0.5) is 5.69 Å². The van der Waals surface area contributed by atoms with Crippen LogP contribution in [0.2, 0.25) is 0 Å². The molecule has 1 aromatic rings. The minimum atomic E-state index is 0.210. The molecule has 0 bridgehead atoms. The lowest BCUT2D eigenvalue weighted by atomic mass is 10.2. The van der Waals surface area contributed by atoms with Crippen molar-refractivity contribution in [3.05, 3.63) is 34.7 Å². The largest absolute Gasteiger partial charge is 0.300 e. The van der Waals surface area contributed by atoms with Gasteiger partial charge in [-0.25, -0.2) is 5.90 Å². The van der Waals surface area contributed by atoms with E-state index in [-0.39, 0.29) is 6.61 Å². The molecule has 0 radical (unpaired) electrons. The van der Waals surface area contributed by atoms with Gasteiger partial charge in [-0.1, -0.05) is 18.2 Å². The third-order valence-corrected chi connectivity index (χ3v) is 1.33. The van der Waals surface area contributed by atoms with Gasteiger partial charge in [0.25, 0.3) is 0 Å². The molecule has 2 N–H and O–H groups in total. The first kappa shape index (κ1) is 7.84. The highest BCUT2D eigenvalue weighted by atomic mass is 16.6. The van der Waals surface area contributed by atoms with Gasteiger partial charge in [-0.05, 0) is 11.2 Å². The third kappa shape index (κ3) is 1.83. The first-order chi connectivity index (χ1) is 5.38. The van der Waals surface area contributed by atoms with Crippen molar-refractivity contribution in [2.45, 2.75) is 6.61 Å². The van der Waals surface area contributed by atoms with Gasteiger partial charge in [0.15, 0.2) is 0 Å². The number of hydrogen-bond donors (Lipinski definition) is 1. The van der Waals surface area contributed by atoms with Crippen LogP contribution in [0.3, 0.4) is 0 Å². The molecular formula is C7H8N2O2. The van der Waals surface area contributed by atoms with Gasteiger partial charge in [-0.3, -0.25) is 4.84 Å². The molecule has 0 atom stereocenters. The Labute approximate surface area is 63.9 Å². The second-order valence-electron chi connectivity index (χ2n) is 2.03. The fraction of sp³-hybridized carbons (Fsp3) is 0.143. The summed E-state index contributed by atoms with van der Waals surface area (Å²) in [7, 11) is 0. The zero-order valence-electron chi connectivity index (χ0n) is 5.86. The summed E-state index contributed by atoms with van der Waals surface area (Å²) in [5.74, 6) is 4.84. The molecule has 0 unspecified atom stereocenters. The molecule has 4 nitrogen and oxygen atoms in total. The lowest BCUT2D eigenvalue weighted by Gasteiger charge is -1.99. The van der Waals surface area contributed by atoms with Crippen LogP contribution in [0.15, 0.2) is 29.4 Å². The minimum absolute atomic E-state index is 0.210. The van der Waals surface area contributed by atoms with Crippen LogP contribution in [-0.4, -0.2) is 0 Å². The van der Waals surface area contributed by atoms with Crippen molar-refractivity contribution >= 4 is 5.69 Å². The lowest BCUT2D eigenvalue weighted by molar-refractivity contribution is 0.124. The Balaban J connectivity index is 2.92. The fourth-order valence-corrected chi connectivity index (χ4v) is 0.812. The van der Waals surface area contributed by atoms with Gasteiger partial charge in [0, 0.05) is 5.56 Å². The molecule has 0 heterocycles. The maximum absolute atomic E-state index is 10.2. The average Bonchev–Trinajstić information content (AvgIpc) is 2.06. The summed E-state index contributed by atoms with van der Waals surface area (Å²) in [6.45, 7) is 0.210. The van der Waals surface area contributed by atoms with E-state index in [2.05, 4.69) is 10.0 Å². The zero-order chi connectivity index (χ0) is 8.10. The second-order valence-corrected chi connectivity index (χ2v) is 2.03.